The van der Waals surface area contributed by atoms with E-state index in [1.807, 2.05) is 12.1 Å². The van der Waals surface area contributed by atoms with Crippen LogP contribution >= 0.6 is 0 Å². The molecule has 0 atom stereocenters. The molecule has 0 unspecified atom stereocenters. The largest absolute Gasteiger partial charge is 0.418 e. The summed E-state index contributed by atoms with van der Waals surface area (Å²) < 4.78 is 39.1. The Morgan fingerprint density at radius 1 is 1.08 bits per heavy atom. The maximum Gasteiger partial charge on any atom is 0.418 e. The second-order valence-corrected chi connectivity index (χ2v) is 5.26. The van der Waals surface area contributed by atoms with Crippen molar-refractivity contribution in [3.8, 4) is 0 Å². The summed E-state index contributed by atoms with van der Waals surface area (Å²) in [5.74, 6) is 0.741. The highest BCUT2D eigenvalue weighted by atomic mass is 19.4. The van der Waals surface area contributed by atoms with E-state index in [1.165, 1.54) is 0 Å². The predicted octanol–water partition coefficient (Wildman–Crippen LogP) is 4.31. The van der Waals surface area contributed by atoms with E-state index in [0.717, 1.165) is 24.4 Å². The lowest BCUT2D eigenvalue weighted by molar-refractivity contribution is -0.385. The molecule has 25 heavy (non-hydrogen) atoms. The summed E-state index contributed by atoms with van der Waals surface area (Å²) in [5, 5.41) is 16.5. The molecular weight excluding hydrogens is 337 g/mol. The van der Waals surface area contributed by atoms with Crippen LogP contribution in [0.4, 0.5) is 30.4 Å². The van der Waals surface area contributed by atoms with Gasteiger partial charge < -0.3 is 10.6 Å². The lowest BCUT2D eigenvalue weighted by Gasteiger charge is -2.14. The van der Waals surface area contributed by atoms with Gasteiger partial charge in [0.2, 0.25) is 0 Å². The van der Waals surface area contributed by atoms with Crippen LogP contribution in [0.2, 0.25) is 0 Å². The molecule has 0 spiro atoms. The summed E-state index contributed by atoms with van der Waals surface area (Å²) in [6.45, 7) is 0.968. The van der Waals surface area contributed by atoms with Gasteiger partial charge in [0, 0.05) is 37.1 Å². The molecule has 0 aliphatic heterocycles. The summed E-state index contributed by atoms with van der Waals surface area (Å²) in [4.78, 5) is 13.9. The highest BCUT2D eigenvalue weighted by Gasteiger charge is 2.35. The monoisotopic (exact) mass is 354 g/mol. The molecular formula is C16H17F3N4O2. The van der Waals surface area contributed by atoms with Crippen molar-refractivity contribution < 1.29 is 18.1 Å². The molecule has 6 nitrogen and oxygen atoms in total. The Kier molecular flexibility index (Phi) is 6.15. The Balaban J connectivity index is 1.84. The minimum atomic E-state index is -4.66. The highest BCUT2D eigenvalue weighted by Crippen LogP contribution is 2.37. The van der Waals surface area contributed by atoms with Crippen LogP contribution in [-0.4, -0.2) is 23.0 Å². The first kappa shape index (κ1) is 18.5. The maximum atomic E-state index is 13.0. The van der Waals surface area contributed by atoms with E-state index in [0.29, 0.717) is 25.6 Å². The standard InChI is InChI=1S/C16H17F3N4O2/c17-16(18,19)13-11-12(23(24)25)6-7-14(13)20-8-3-4-10-22-15-5-1-2-9-21-15/h1-2,5-7,9,11,20H,3-4,8,10H2,(H,21,22). The van der Waals surface area contributed by atoms with Gasteiger partial charge in [-0.25, -0.2) is 4.98 Å². The molecule has 0 aliphatic carbocycles. The number of nitrogens with one attached hydrogen (secondary N) is 2. The molecule has 1 heterocycles. The molecule has 0 fully saturated rings. The Morgan fingerprint density at radius 3 is 2.40 bits per heavy atom. The fourth-order valence-corrected chi connectivity index (χ4v) is 2.19. The Hall–Kier alpha value is -2.84. The SMILES string of the molecule is O=[N+]([O-])c1ccc(NCCCCNc2ccccn2)c(C(F)(F)F)c1. The molecule has 9 heteroatoms. The molecule has 2 aromatic rings. The zero-order valence-electron chi connectivity index (χ0n) is 13.2. The van der Waals surface area contributed by atoms with Crippen LogP contribution in [0.25, 0.3) is 0 Å². The molecule has 0 radical (unpaired) electrons. The molecule has 0 saturated heterocycles. The Bertz CT molecular complexity index is 708. The third kappa shape index (κ3) is 5.63. The van der Waals surface area contributed by atoms with E-state index < -0.39 is 22.4 Å². The third-order valence-electron chi connectivity index (χ3n) is 3.41. The van der Waals surface area contributed by atoms with Crippen LogP contribution in [0.5, 0.6) is 0 Å². The fraction of sp³-hybridized carbons (Fsp3) is 0.312. The molecule has 2 N–H and O–H groups in total. The minimum Gasteiger partial charge on any atom is -0.385 e. The third-order valence-corrected chi connectivity index (χ3v) is 3.41. The van der Waals surface area contributed by atoms with Crippen molar-refractivity contribution in [2.75, 3.05) is 23.7 Å². The van der Waals surface area contributed by atoms with Gasteiger partial charge in [-0.3, -0.25) is 10.1 Å². The van der Waals surface area contributed by atoms with E-state index in [1.54, 1.807) is 12.3 Å². The van der Waals surface area contributed by atoms with Crippen molar-refractivity contribution in [3.05, 3.63) is 58.3 Å². The number of anilines is 2. The van der Waals surface area contributed by atoms with Gasteiger partial charge in [-0.15, -0.1) is 0 Å². The molecule has 2 rings (SSSR count). The number of pyridine rings is 1. The van der Waals surface area contributed by atoms with Crippen molar-refractivity contribution in [3.63, 3.8) is 0 Å². The number of nitrogens with zero attached hydrogens (tertiary/aromatic N) is 2. The van der Waals surface area contributed by atoms with Gasteiger partial charge in [0.05, 0.1) is 10.5 Å². The van der Waals surface area contributed by atoms with Crippen molar-refractivity contribution in [1.82, 2.24) is 4.98 Å². The zero-order valence-corrected chi connectivity index (χ0v) is 13.2. The highest BCUT2D eigenvalue weighted by molar-refractivity contribution is 5.57. The van der Waals surface area contributed by atoms with Crippen LogP contribution in [0, 0.1) is 10.1 Å². The van der Waals surface area contributed by atoms with Gasteiger partial charge in [-0.1, -0.05) is 6.07 Å². The van der Waals surface area contributed by atoms with Gasteiger partial charge in [-0.2, -0.15) is 13.2 Å². The number of hydrogen-bond acceptors (Lipinski definition) is 5. The Labute approximate surface area is 142 Å². The molecule has 0 saturated carbocycles. The van der Waals surface area contributed by atoms with Crippen LogP contribution < -0.4 is 10.6 Å². The van der Waals surface area contributed by atoms with Crippen LogP contribution in [-0.2, 0) is 6.18 Å². The molecule has 1 aromatic heterocycles. The predicted molar refractivity (Wildman–Crippen MR) is 88.5 cm³/mol. The van der Waals surface area contributed by atoms with Gasteiger partial charge in [0.25, 0.3) is 5.69 Å². The summed E-state index contributed by atoms with van der Waals surface area (Å²) in [6.07, 6.45) is -1.63. The first-order chi connectivity index (χ1) is 11.9. The second kappa shape index (κ2) is 8.32. The van der Waals surface area contributed by atoms with E-state index in [-0.39, 0.29) is 5.69 Å². The number of halogens is 3. The number of nitro groups is 1. The average molecular weight is 354 g/mol. The number of rotatable bonds is 8. The first-order valence-corrected chi connectivity index (χ1v) is 7.62. The summed E-state index contributed by atoms with van der Waals surface area (Å²) >= 11 is 0. The lowest BCUT2D eigenvalue weighted by Crippen LogP contribution is -2.13. The number of unbranched alkanes of at least 4 members (excludes halogenated alkanes) is 1. The van der Waals surface area contributed by atoms with E-state index in [9.17, 15) is 23.3 Å². The summed E-state index contributed by atoms with van der Waals surface area (Å²) in [7, 11) is 0. The first-order valence-electron chi connectivity index (χ1n) is 7.62. The number of nitro benzene ring substituents is 1. The van der Waals surface area contributed by atoms with Crippen LogP contribution in [0.15, 0.2) is 42.6 Å². The topological polar surface area (TPSA) is 80.1 Å². The fourth-order valence-electron chi connectivity index (χ4n) is 2.19. The molecule has 0 aliphatic rings. The lowest BCUT2D eigenvalue weighted by atomic mass is 10.1. The summed E-state index contributed by atoms with van der Waals surface area (Å²) in [5.41, 5.74) is -1.78. The molecule has 134 valence electrons. The van der Waals surface area contributed by atoms with Crippen molar-refractivity contribution in [1.29, 1.82) is 0 Å². The maximum absolute atomic E-state index is 13.0. The van der Waals surface area contributed by atoms with Crippen molar-refractivity contribution >= 4 is 17.2 Å². The zero-order chi connectivity index (χ0) is 18.3. The number of alkyl halides is 3. The average Bonchev–Trinajstić information content (AvgIpc) is 2.58. The second-order valence-electron chi connectivity index (χ2n) is 5.26. The van der Waals surface area contributed by atoms with E-state index >= 15 is 0 Å². The number of non-ortho nitro benzene ring substituents is 1. The van der Waals surface area contributed by atoms with E-state index in [2.05, 4.69) is 15.6 Å². The number of hydrogen-bond donors (Lipinski definition) is 2. The molecule has 0 bridgehead atoms. The van der Waals surface area contributed by atoms with E-state index in [4.69, 9.17) is 0 Å². The van der Waals surface area contributed by atoms with Gasteiger partial charge in [0.15, 0.2) is 0 Å². The minimum absolute atomic E-state index is 0.157. The summed E-state index contributed by atoms with van der Waals surface area (Å²) in [6, 6.07) is 8.17. The van der Waals surface area contributed by atoms with Gasteiger partial charge in [-0.05, 0) is 31.0 Å². The molecule has 0 amide bonds. The Morgan fingerprint density at radius 2 is 1.80 bits per heavy atom. The van der Waals surface area contributed by atoms with Crippen LogP contribution in [0.1, 0.15) is 18.4 Å². The van der Waals surface area contributed by atoms with Gasteiger partial charge >= 0.3 is 6.18 Å². The normalized spacial score (nSPS) is 11.2. The van der Waals surface area contributed by atoms with Crippen molar-refractivity contribution in [2.45, 2.75) is 19.0 Å². The smallest absolute Gasteiger partial charge is 0.385 e. The number of aromatic nitrogens is 1. The number of benzene rings is 1. The molecule has 1 aromatic carbocycles. The van der Waals surface area contributed by atoms with Crippen LogP contribution in [0.3, 0.4) is 0 Å². The quantitative estimate of drug-likeness (QED) is 0.419. The van der Waals surface area contributed by atoms with Crippen molar-refractivity contribution in [2.24, 2.45) is 0 Å². The van der Waals surface area contributed by atoms with Gasteiger partial charge in [0.1, 0.15) is 5.82 Å².